The van der Waals surface area contributed by atoms with Crippen molar-refractivity contribution in [3.05, 3.63) is 12.7 Å². The summed E-state index contributed by atoms with van der Waals surface area (Å²) in [6, 6.07) is 0. The second-order valence-corrected chi connectivity index (χ2v) is 4.43. The number of rotatable bonds is 7. The van der Waals surface area contributed by atoms with Crippen LogP contribution in [0.4, 0.5) is 0 Å². The molecule has 0 radical (unpaired) electrons. The van der Waals surface area contributed by atoms with Crippen molar-refractivity contribution in [3.63, 3.8) is 0 Å². The summed E-state index contributed by atoms with van der Waals surface area (Å²) in [7, 11) is 0. The highest BCUT2D eigenvalue weighted by Crippen LogP contribution is 2.24. The van der Waals surface area contributed by atoms with Crippen LogP contribution >= 0.6 is 0 Å². The predicted octanol–water partition coefficient (Wildman–Crippen LogP) is 0.695. The quantitative estimate of drug-likeness (QED) is 0.496. The molecule has 0 saturated carbocycles. The van der Waals surface area contributed by atoms with E-state index in [1.165, 1.54) is 0 Å². The molecule has 1 atom stereocenters. The molecule has 1 heterocycles. The van der Waals surface area contributed by atoms with E-state index in [-0.39, 0.29) is 11.3 Å². The van der Waals surface area contributed by atoms with E-state index in [4.69, 9.17) is 4.74 Å². The van der Waals surface area contributed by atoms with Crippen LogP contribution in [0.1, 0.15) is 19.8 Å². The van der Waals surface area contributed by atoms with E-state index in [9.17, 15) is 4.79 Å². The third-order valence-corrected chi connectivity index (χ3v) is 2.92. The van der Waals surface area contributed by atoms with Gasteiger partial charge in [0.1, 0.15) is 0 Å². The average Bonchev–Trinajstić information content (AvgIpc) is 2.71. The third kappa shape index (κ3) is 3.94. The number of carbonyl (C=O) groups is 1. The van der Waals surface area contributed by atoms with E-state index in [1.54, 1.807) is 0 Å². The predicted molar refractivity (Wildman–Crippen MR) is 64.2 cm³/mol. The van der Waals surface area contributed by atoms with Gasteiger partial charge >= 0.3 is 0 Å². The summed E-state index contributed by atoms with van der Waals surface area (Å²) in [5, 5.41) is 6.12. The van der Waals surface area contributed by atoms with E-state index < -0.39 is 0 Å². The Kier molecular flexibility index (Phi) is 5.49. The molecule has 1 amide bonds. The Balaban J connectivity index is 2.08. The van der Waals surface area contributed by atoms with Gasteiger partial charge in [0.25, 0.3) is 0 Å². The van der Waals surface area contributed by atoms with Gasteiger partial charge in [0, 0.05) is 13.1 Å². The molecule has 0 bridgehead atoms. The van der Waals surface area contributed by atoms with Crippen LogP contribution in [0.2, 0.25) is 0 Å². The molecule has 0 aromatic heterocycles. The number of hydrogen-bond acceptors (Lipinski definition) is 3. The van der Waals surface area contributed by atoms with Gasteiger partial charge in [0.2, 0.25) is 5.91 Å². The zero-order valence-corrected chi connectivity index (χ0v) is 10.1. The first kappa shape index (κ1) is 13.2. The highest BCUT2D eigenvalue weighted by Gasteiger charge is 2.35. The van der Waals surface area contributed by atoms with Crippen molar-refractivity contribution in [3.8, 4) is 0 Å². The lowest BCUT2D eigenvalue weighted by molar-refractivity contribution is -0.129. The molecule has 1 saturated heterocycles. The molecule has 1 aliphatic heterocycles. The molecular weight excluding hydrogens is 204 g/mol. The van der Waals surface area contributed by atoms with Gasteiger partial charge in [-0.3, -0.25) is 4.79 Å². The fourth-order valence-corrected chi connectivity index (χ4v) is 1.73. The summed E-state index contributed by atoms with van der Waals surface area (Å²) >= 11 is 0. The van der Waals surface area contributed by atoms with Crippen molar-refractivity contribution >= 4 is 5.91 Å². The second kappa shape index (κ2) is 6.66. The molecule has 16 heavy (non-hydrogen) atoms. The molecule has 1 rings (SSSR count). The Morgan fingerprint density at radius 2 is 2.44 bits per heavy atom. The van der Waals surface area contributed by atoms with Gasteiger partial charge in [-0.1, -0.05) is 6.08 Å². The largest absolute Gasteiger partial charge is 0.379 e. The van der Waals surface area contributed by atoms with Crippen LogP contribution in [0.5, 0.6) is 0 Å². The number of hydrogen-bond donors (Lipinski definition) is 2. The van der Waals surface area contributed by atoms with Gasteiger partial charge in [-0.05, 0) is 26.3 Å². The SMILES string of the molecule is C=CCCOCCNC(=O)C1(C)CCNC1. The van der Waals surface area contributed by atoms with Crippen LogP contribution in [-0.4, -0.2) is 38.8 Å². The van der Waals surface area contributed by atoms with E-state index in [0.29, 0.717) is 19.8 Å². The lowest BCUT2D eigenvalue weighted by Crippen LogP contribution is -2.41. The minimum Gasteiger partial charge on any atom is -0.379 e. The van der Waals surface area contributed by atoms with Crippen molar-refractivity contribution in [1.29, 1.82) is 0 Å². The van der Waals surface area contributed by atoms with Crippen LogP contribution in [0, 0.1) is 5.41 Å². The third-order valence-electron chi connectivity index (χ3n) is 2.92. The summed E-state index contributed by atoms with van der Waals surface area (Å²) in [6.07, 6.45) is 3.59. The topological polar surface area (TPSA) is 50.4 Å². The minimum absolute atomic E-state index is 0.129. The highest BCUT2D eigenvalue weighted by molar-refractivity contribution is 5.82. The normalized spacial score (nSPS) is 24.3. The summed E-state index contributed by atoms with van der Waals surface area (Å²) in [6.45, 7) is 9.16. The Morgan fingerprint density at radius 1 is 1.62 bits per heavy atom. The molecule has 4 nitrogen and oxygen atoms in total. The molecule has 0 spiro atoms. The van der Waals surface area contributed by atoms with Gasteiger partial charge in [0.15, 0.2) is 0 Å². The Labute approximate surface area is 97.4 Å². The smallest absolute Gasteiger partial charge is 0.227 e. The van der Waals surface area contributed by atoms with Crippen LogP contribution in [0.25, 0.3) is 0 Å². The zero-order valence-electron chi connectivity index (χ0n) is 10.1. The van der Waals surface area contributed by atoms with Crippen LogP contribution in [0.3, 0.4) is 0 Å². The van der Waals surface area contributed by atoms with Crippen molar-refractivity contribution in [2.24, 2.45) is 5.41 Å². The Morgan fingerprint density at radius 3 is 3.06 bits per heavy atom. The van der Waals surface area contributed by atoms with Crippen LogP contribution < -0.4 is 10.6 Å². The number of amides is 1. The van der Waals surface area contributed by atoms with Crippen molar-refractivity contribution in [1.82, 2.24) is 10.6 Å². The zero-order chi connectivity index (χ0) is 11.9. The molecule has 0 aliphatic carbocycles. The summed E-state index contributed by atoms with van der Waals surface area (Å²) in [5.41, 5.74) is -0.235. The fraction of sp³-hybridized carbons (Fsp3) is 0.750. The molecule has 4 heteroatoms. The molecule has 1 aliphatic rings. The first-order chi connectivity index (χ1) is 7.69. The molecule has 92 valence electrons. The number of ether oxygens (including phenoxy) is 1. The van der Waals surface area contributed by atoms with Crippen LogP contribution in [0.15, 0.2) is 12.7 Å². The molecule has 1 fully saturated rings. The summed E-state index contributed by atoms with van der Waals surface area (Å²) < 4.78 is 5.32. The Bertz CT molecular complexity index is 235. The summed E-state index contributed by atoms with van der Waals surface area (Å²) in [5.74, 6) is 0.129. The van der Waals surface area contributed by atoms with Crippen molar-refractivity contribution in [2.75, 3.05) is 32.8 Å². The first-order valence-electron chi connectivity index (χ1n) is 5.87. The van der Waals surface area contributed by atoms with E-state index >= 15 is 0 Å². The van der Waals surface area contributed by atoms with Crippen LogP contribution in [-0.2, 0) is 9.53 Å². The first-order valence-corrected chi connectivity index (χ1v) is 5.87. The summed E-state index contributed by atoms with van der Waals surface area (Å²) in [4.78, 5) is 11.8. The van der Waals surface area contributed by atoms with Crippen molar-refractivity contribution in [2.45, 2.75) is 19.8 Å². The number of carbonyl (C=O) groups excluding carboxylic acids is 1. The molecule has 0 aromatic carbocycles. The Hall–Kier alpha value is -0.870. The van der Waals surface area contributed by atoms with Crippen molar-refractivity contribution < 1.29 is 9.53 Å². The minimum atomic E-state index is -0.235. The lowest BCUT2D eigenvalue weighted by atomic mass is 9.89. The molecule has 0 aromatic rings. The maximum absolute atomic E-state index is 11.8. The average molecular weight is 226 g/mol. The van der Waals surface area contributed by atoms with Gasteiger partial charge in [-0.2, -0.15) is 0 Å². The molecule has 2 N–H and O–H groups in total. The van der Waals surface area contributed by atoms with E-state index in [0.717, 1.165) is 25.9 Å². The maximum Gasteiger partial charge on any atom is 0.227 e. The van der Waals surface area contributed by atoms with E-state index in [1.807, 2.05) is 13.0 Å². The second-order valence-electron chi connectivity index (χ2n) is 4.43. The van der Waals surface area contributed by atoms with E-state index in [2.05, 4.69) is 17.2 Å². The standard InChI is InChI=1S/C12H22N2O2/c1-3-4-8-16-9-7-14-11(15)12(2)5-6-13-10-12/h3,13H,1,4-10H2,2H3,(H,14,15). The van der Waals surface area contributed by atoms with Gasteiger partial charge in [0.05, 0.1) is 18.6 Å². The highest BCUT2D eigenvalue weighted by atomic mass is 16.5. The van der Waals surface area contributed by atoms with Gasteiger partial charge in [-0.15, -0.1) is 6.58 Å². The number of nitrogens with one attached hydrogen (secondary N) is 2. The van der Waals surface area contributed by atoms with Gasteiger partial charge < -0.3 is 15.4 Å². The maximum atomic E-state index is 11.8. The fourth-order valence-electron chi connectivity index (χ4n) is 1.73. The molecular formula is C12H22N2O2. The van der Waals surface area contributed by atoms with Gasteiger partial charge in [-0.25, -0.2) is 0 Å². The molecule has 1 unspecified atom stereocenters. The lowest BCUT2D eigenvalue weighted by Gasteiger charge is -2.21. The monoisotopic (exact) mass is 226 g/mol.